The second-order valence-electron chi connectivity index (χ2n) is 4.67. The van der Waals surface area contributed by atoms with E-state index in [4.69, 9.17) is 5.11 Å². The van der Waals surface area contributed by atoms with Crippen LogP contribution in [0, 0.1) is 0 Å². The maximum atomic E-state index is 12.0. The average Bonchev–Trinajstić information content (AvgIpc) is 3.01. The van der Waals surface area contributed by atoms with Gasteiger partial charge in [-0.2, -0.15) is 0 Å². The molecule has 0 aliphatic carbocycles. The molecule has 2 N–H and O–H groups in total. The molecule has 21 heavy (non-hydrogen) atoms. The predicted octanol–water partition coefficient (Wildman–Crippen LogP) is 1.86. The number of aliphatic carboxylic acids is 1. The van der Waals surface area contributed by atoms with E-state index in [0.29, 0.717) is 18.4 Å². The van der Waals surface area contributed by atoms with E-state index in [-0.39, 0.29) is 5.91 Å². The second kappa shape index (κ2) is 6.69. The molecular weight excluding hydrogens is 270 g/mol. The molecule has 6 heteroatoms. The molecule has 1 amide bonds. The fourth-order valence-corrected chi connectivity index (χ4v) is 1.98. The lowest BCUT2D eigenvalue weighted by molar-refractivity contribution is -0.139. The van der Waals surface area contributed by atoms with E-state index in [1.807, 2.05) is 11.5 Å². The van der Waals surface area contributed by atoms with E-state index in [9.17, 15) is 9.59 Å². The topological polar surface area (TPSA) is 84.2 Å². The van der Waals surface area contributed by atoms with Gasteiger partial charge in [-0.1, -0.05) is 13.3 Å². The molecule has 0 aliphatic heterocycles. The summed E-state index contributed by atoms with van der Waals surface area (Å²) in [6.07, 6.45) is 6.24. The molecule has 1 unspecified atom stereocenters. The Labute approximate surface area is 122 Å². The third-order valence-corrected chi connectivity index (χ3v) is 3.11. The van der Waals surface area contributed by atoms with Crippen molar-refractivity contribution in [1.29, 1.82) is 0 Å². The molecule has 2 rings (SSSR count). The Morgan fingerprint density at radius 2 is 2.05 bits per heavy atom. The first-order valence-electron chi connectivity index (χ1n) is 6.74. The van der Waals surface area contributed by atoms with Crippen LogP contribution in [-0.4, -0.2) is 32.6 Å². The van der Waals surface area contributed by atoms with Crippen molar-refractivity contribution >= 4 is 11.9 Å². The number of amides is 1. The van der Waals surface area contributed by atoms with Crippen molar-refractivity contribution in [2.75, 3.05) is 0 Å². The normalized spacial score (nSPS) is 11.9. The average molecular weight is 287 g/mol. The SMILES string of the molecule is CCCC(NC(=O)c1ccc(-n2ccnc2)cc1)C(=O)O. The van der Waals surface area contributed by atoms with Gasteiger partial charge in [0.2, 0.25) is 0 Å². The number of hydrogen-bond donors (Lipinski definition) is 2. The minimum Gasteiger partial charge on any atom is -0.480 e. The number of hydrogen-bond acceptors (Lipinski definition) is 3. The first-order chi connectivity index (χ1) is 10.1. The summed E-state index contributed by atoms with van der Waals surface area (Å²) in [5, 5.41) is 11.6. The summed E-state index contributed by atoms with van der Waals surface area (Å²) < 4.78 is 1.82. The van der Waals surface area contributed by atoms with E-state index in [1.165, 1.54) is 0 Å². The van der Waals surface area contributed by atoms with Gasteiger partial charge in [0, 0.05) is 23.6 Å². The summed E-state index contributed by atoms with van der Waals surface area (Å²) in [5.41, 5.74) is 1.31. The van der Waals surface area contributed by atoms with E-state index < -0.39 is 12.0 Å². The molecule has 2 aromatic rings. The van der Waals surface area contributed by atoms with Gasteiger partial charge in [-0.3, -0.25) is 4.79 Å². The number of carbonyl (C=O) groups is 2. The monoisotopic (exact) mass is 287 g/mol. The minimum absolute atomic E-state index is 0.381. The molecule has 0 fully saturated rings. The molecule has 0 aliphatic rings. The van der Waals surface area contributed by atoms with Crippen molar-refractivity contribution < 1.29 is 14.7 Å². The number of aromatic nitrogens is 2. The predicted molar refractivity (Wildman–Crippen MR) is 77.4 cm³/mol. The van der Waals surface area contributed by atoms with Crippen LogP contribution in [-0.2, 0) is 4.79 Å². The molecule has 1 aromatic heterocycles. The van der Waals surface area contributed by atoms with Crippen molar-refractivity contribution in [2.24, 2.45) is 0 Å². The van der Waals surface area contributed by atoms with Crippen molar-refractivity contribution in [3.63, 3.8) is 0 Å². The smallest absolute Gasteiger partial charge is 0.326 e. The number of rotatable bonds is 6. The lowest BCUT2D eigenvalue weighted by Crippen LogP contribution is -2.40. The van der Waals surface area contributed by atoms with E-state index >= 15 is 0 Å². The van der Waals surface area contributed by atoms with E-state index in [0.717, 1.165) is 5.69 Å². The maximum Gasteiger partial charge on any atom is 0.326 e. The number of carboxylic acids is 1. The Bertz CT molecular complexity index is 606. The van der Waals surface area contributed by atoms with Crippen LogP contribution in [0.1, 0.15) is 30.1 Å². The zero-order chi connectivity index (χ0) is 15.2. The fraction of sp³-hybridized carbons (Fsp3) is 0.267. The van der Waals surface area contributed by atoms with Crippen LogP contribution in [0.5, 0.6) is 0 Å². The fourth-order valence-electron chi connectivity index (χ4n) is 1.98. The number of carbonyl (C=O) groups excluding carboxylic acids is 1. The Kier molecular flexibility index (Phi) is 4.71. The highest BCUT2D eigenvalue weighted by Crippen LogP contribution is 2.10. The first kappa shape index (κ1) is 14.8. The van der Waals surface area contributed by atoms with Crippen LogP contribution >= 0.6 is 0 Å². The van der Waals surface area contributed by atoms with Crippen LogP contribution in [0.15, 0.2) is 43.0 Å². The summed E-state index contributed by atoms with van der Waals surface area (Å²) in [6.45, 7) is 1.88. The largest absolute Gasteiger partial charge is 0.480 e. The summed E-state index contributed by atoms with van der Waals surface area (Å²) in [6, 6.07) is 6.04. The molecule has 0 saturated heterocycles. The zero-order valence-electron chi connectivity index (χ0n) is 11.7. The number of nitrogens with zero attached hydrogens (tertiary/aromatic N) is 2. The summed E-state index contributed by atoms with van der Waals surface area (Å²) >= 11 is 0. The van der Waals surface area contributed by atoms with Gasteiger partial charge in [-0.15, -0.1) is 0 Å². The molecule has 6 nitrogen and oxygen atoms in total. The Hall–Kier alpha value is -2.63. The summed E-state index contributed by atoms with van der Waals surface area (Å²) in [4.78, 5) is 27.0. The minimum atomic E-state index is -1.01. The van der Waals surface area contributed by atoms with E-state index in [1.54, 1.807) is 43.0 Å². The molecule has 1 aromatic carbocycles. The van der Waals surface area contributed by atoms with Crippen LogP contribution < -0.4 is 5.32 Å². The van der Waals surface area contributed by atoms with Crippen molar-refractivity contribution in [3.8, 4) is 5.69 Å². The molecule has 110 valence electrons. The lowest BCUT2D eigenvalue weighted by atomic mass is 10.1. The molecule has 0 saturated carbocycles. The number of benzene rings is 1. The lowest BCUT2D eigenvalue weighted by Gasteiger charge is -2.13. The number of carboxylic acid groups (broad SMARTS) is 1. The molecular formula is C15H17N3O3. The Balaban J connectivity index is 2.07. The van der Waals surface area contributed by atoms with Crippen LogP contribution in [0.4, 0.5) is 0 Å². The van der Waals surface area contributed by atoms with Crippen LogP contribution in [0.25, 0.3) is 5.69 Å². The van der Waals surface area contributed by atoms with Crippen LogP contribution in [0.2, 0.25) is 0 Å². The third kappa shape index (κ3) is 3.68. The second-order valence-corrected chi connectivity index (χ2v) is 4.67. The Morgan fingerprint density at radius 1 is 1.33 bits per heavy atom. The van der Waals surface area contributed by atoms with Crippen molar-refractivity contribution in [2.45, 2.75) is 25.8 Å². The summed E-state index contributed by atoms with van der Waals surface area (Å²) in [7, 11) is 0. The van der Waals surface area contributed by atoms with Gasteiger partial charge in [0.15, 0.2) is 0 Å². The highest BCUT2D eigenvalue weighted by molar-refractivity contribution is 5.96. The highest BCUT2D eigenvalue weighted by Gasteiger charge is 2.19. The maximum absolute atomic E-state index is 12.0. The van der Waals surface area contributed by atoms with Gasteiger partial charge in [-0.05, 0) is 30.7 Å². The van der Waals surface area contributed by atoms with E-state index in [2.05, 4.69) is 10.3 Å². The third-order valence-electron chi connectivity index (χ3n) is 3.11. The van der Waals surface area contributed by atoms with Gasteiger partial charge in [0.1, 0.15) is 6.04 Å². The van der Waals surface area contributed by atoms with Gasteiger partial charge in [0.25, 0.3) is 5.91 Å². The zero-order valence-corrected chi connectivity index (χ0v) is 11.7. The molecule has 0 spiro atoms. The van der Waals surface area contributed by atoms with Gasteiger partial charge in [-0.25, -0.2) is 9.78 Å². The molecule has 0 bridgehead atoms. The molecule has 1 atom stereocenters. The van der Waals surface area contributed by atoms with Crippen molar-refractivity contribution in [3.05, 3.63) is 48.5 Å². The van der Waals surface area contributed by atoms with Crippen LogP contribution in [0.3, 0.4) is 0 Å². The first-order valence-corrected chi connectivity index (χ1v) is 6.74. The van der Waals surface area contributed by atoms with Gasteiger partial charge >= 0.3 is 5.97 Å². The number of nitrogens with one attached hydrogen (secondary N) is 1. The molecule has 0 radical (unpaired) electrons. The standard InChI is InChI=1S/C15H17N3O3/c1-2-3-13(15(20)21)17-14(19)11-4-6-12(7-5-11)18-9-8-16-10-18/h4-10,13H,2-3H2,1H3,(H,17,19)(H,20,21). The van der Waals surface area contributed by atoms with Gasteiger partial charge in [0.05, 0.1) is 6.33 Å². The highest BCUT2D eigenvalue weighted by atomic mass is 16.4. The molecule has 1 heterocycles. The quantitative estimate of drug-likeness (QED) is 0.849. The number of imidazole rings is 1. The van der Waals surface area contributed by atoms with Gasteiger partial charge < -0.3 is 15.0 Å². The van der Waals surface area contributed by atoms with Crippen molar-refractivity contribution in [1.82, 2.24) is 14.9 Å². The summed E-state index contributed by atoms with van der Waals surface area (Å²) in [5.74, 6) is -1.40. The Morgan fingerprint density at radius 3 is 2.57 bits per heavy atom.